The molecule has 0 aromatic heterocycles. The molecule has 0 fully saturated rings. The first-order chi connectivity index (χ1) is 7.32. The number of esters is 1. The van der Waals surface area contributed by atoms with E-state index in [2.05, 4.69) is 20.7 Å². The predicted molar refractivity (Wildman–Crippen MR) is 54.7 cm³/mol. The molecule has 0 bridgehead atoms. The molecule has 0 spiro atoms. The molecule has 1 rings (SSSR count). The first-order valence-electron chi connectivity index (χ1n) is 4.30. The molecule has 1 aromatic carbocycles. The smallest absolute Gasteiger partial charge is 0.429 e. The molecule has 1 aromatic rings. The summed E-state index contributed by atoms with van der Waals surface area (Å²) in [7, 11) is 0. The molecule has 0 N–H and O–H groups in total. The third-order valence-electron chi connectivity index (χ3n) is 1.77. The summed E-state index contributed by atoms with van der Waals surface area (Å²) >= 11 is 2.99. The van der Waals surface area contributed by atoms with Crippen molar-refractivity contribution in [1.82, 2.24) is 0 Å². The Balaban J connectivity index is 3.12. The Morgan fingerprint density at radius 3 is 2.38 bits per heavy atom. The summed E-state index contributed by atoms with van der Waals surface area (Å²) in [4.78, 5) is 10.6. The third-order valence-corrected chi connectivity index (χ3v) is 2.49. The Morgan fingerprint density at radius 2 is 1.94 bits per heavy atom. The lowest BCUT2D eigenvalue weighted by atomic mass is 10.1. The summed E-state index contributed by atoms with van der Waals surface area (Å²) in [5.41, 5.74) is -0.120. The standard InChI is InChI=1S/C10H8BrF3O2/c1-6(15)16-9(10(12,13)14)7-4-2-3-5-8(7)11/h2-5,9H,1H3/t9-/m1/s1. The Morgan fingerprint density at radius 1 is 1.38 bits per heavy atom. The van der Waals surface area contributed by atoms with Gasteiger partial charge < -0.3 is 4.74 Å². The second kappa shape index (κ2) is 4.86. The fraction of sp³-hybridized carbons (Fsp3) is 0.300. The van der Waals surface area contributed by atoms with Crippen molar-refractivity contribution in [2.75, 3.05) is 0 Å². The minimum atomic E-state index is -4.63. The molecule has 0 saturated heterocycles. The van der Waals surface area contributed by atoms with E-state index in [0.717, 1.165) is 6.92 Å². The van der Waals surface area contributed by atoms with Crippen molar-refractivity contribution in [3.8, 4) is 0 Å². The van der Waals surface area contributed by atoms with E-state index in [4.69, 9.17) is 0 Å². The topological polar surface area (TPSA) is 26.3 Å². The number of hydrogen-bond donors (Lipinski definition) is 0. The molecule has 2 nitrogen and oxygen atoms in total. The predicted octanol–water partition coefficient (Wildman–Crippen LogP) is 3.62. The van der Waals surface area contributed by atoms with Gasteiger partial charge in [-0.25, -0.2) is 0 Å². The van der Waals surface area contributed by atoms with E-state index in [1.165, 1.54) is 18.2 Å². The van der Waals surface area contributed by atoms with Gasteiger partial charge in [0.1, 0.15) is 0 Å². The highest BCUT2D eigenvalue weighted by atomic mass is 79.9. The largest absolute Gasteiger partial charge is 0.448 e. The molecule has 16 heavy (non-hydrogen) atoms. The van der Waals surface area contributed by atoms with Crippen LogP contribution in [0.25, 0.3) is 0 Å². The van der Waals surface area contributed by atoms with E-state index in [0.29, 0.717) is 0 Å². The second-order valence-electron chi connectivity index (χ2n) is 3.05. The highest BCUT2D eigenvalue weighted by Crippen LogP contribution is 2.38. The molecular weight excluding hydrogens is 289 g/mol. The average Bonchev–Trinajstić information content (AvgIpc) is 2.13. The summed E-state index contributed by atoms with van der Waals surface area (Å²) in [5, 5.41) is 0. The zero-order valence-electron chi connectivity index (χ0n) is 8.22. The summed E-state index contributed by atoms with van der Waals surface area (Å²) in [5.74, 6) is -0.974. The van der Waals surface area contributed by atoms with Gasteiger partial charge in [-0.05, 0) is 6.07 Å². The van der Waals surface area contributed by atoms with Crippen molar-refractivity contribution in [3.63, 3.8) is 0 Å². The zero-order valence-corrected chi connectivity index (χ0v) is 9.80. The number of carbonyl (C=O) groups excluding carboxylic acids is 1. The van der Waals surface area contributed by atoms with Crippen LogP contribution in [0.5, 0.6) is 0 Å². The molecule has 0 amide bonds. The van der Waals surface area contributed by atoms with Crippen molar-refractivity contribution in [2.45, 2.75) is 19.2 Å². The number of rotatable bonds is 2. The number of halogens is 4. The molecular formula is C10H8BrF3O2. The van der Waals surface area contributed by atoms with Crippen LogP contribution in [-0.2, 0) is 9.53 Å². The van der Waals surface area contributed by atoms with Gasteiger partial charge in [-0.15, -0.1) is 0 Å². The Hall–Kier alpha value is -1.04. The average molecular weight is 297 g/mol. The highest BCUT2D eigenvalue weighted by molar-refractivity contribution is 9.10. The van der Waals surface area contributed by atoms with Crippen LogP contribution in [0.15, 0.2) is 28.7 Å². The Bertz CT molecular complexity index is 390. The van der Waals surface area contributed by atoms with E-state index in [1.54, 1.807) is 6.07 Å². The first kappa shape index (κ1) is 13.0. The lowest BCUT2D eigenvalue weighted by Gasteiger charge is -2.21. The van der Waals surface area contributed by atoms with E-state index in [1.807, 2.05) is 0 Å². The van der Waals surface area contributed by atoms with Crippen molar-refractivity contribution in [2.24, 2.45) is 0 Å². The van der Waals surface area contributed by atoms with Gasteiger partial charge in [-0.1, -0.05) is 34.1 Å². The lowest BCUT2D eigenvalue weighted by molar-refractivity contribution is -0.223. The fourth-order valence-corrected chi connectivity index (χ4v) is 1.65. The van der Waals surface area contributed by atoms with Crippen LogP contribution >= 0.6 is 15.9 Å². The third kappa shape index (κ3) is 3.23. The molecule has 0 unspecified atom stereocenters. The summed E-state index contributed by atoms with van der Waals surface area (Å²) < 4.78 is 42.5. The van der Waals surface area contributed by atoms with Gasteiger partial charge in [0.25, 0.3) is 0 Å². The number of ether oxygens (including phenoxy) is 1. The molecule has 0 aliphatic carbocycles. The molecule has 0 aliphatic rings. The Labute approximate surface area is 98.5 Å². The zero-order chi connectivity index (χ0) is 12.3. The number of benzene rings is 1. The maximum absolute atomic E-state index is 12.6. The van der Waals surface area contributed by atoms with Crippen LogP contribution in [-0.4, -0.2) is 12.1 Å². The molecule has 0 radical (unpaired) electrons. The van der Waals surface area contributed by atoms with Gasteiger partial charge in [-0.2, -0.15) is 13.2 Å². The van der Waals surface area contributed by atoms with Gasteiger partial charge >= 0.3 is 12.1 Å². The SMILES string of the molecule is CC(=O)O[C@H](c1ccccc1Br)C(F)(F)F. The fourth-order valence-electron chi connectivity index (χ4n) is 1.16. The number of carbonyl (C=O) groups is 1. The minimum Gasteiger partial charge on any atom is -0.448 e. The monoisotopic (exact) mass is 296 g/mol. The van der Waals surface area contributed by atoms with Gasteiger partial charge in [0.15, 0.2) is 0 Å². The van der Waals surface area contributed by atoms with Crippen molar-refractivity contribution in [3.05, 3.63) is 34.3 Å². The van der Waals surface area contributed by atoms with Crippen molar-refractivity contribution in [1.29, 1.82) is 0 Å². The Kier molecular flexibility index (Phi) is 3.96. The molecule has 0 heterocycles. The van der Waals surface area contributed by atoms with Crippen LogP contribution in [0.1, 0.15) is 18.6 Å². The molecule has 6 heteroatoms. The quantitative estimate of drug-likeness (QED) is 0.779. The molecule has 1 atom stereocenters. The normalized spacial score (nSPS) is 13.3. The van der Waals surface area contributed by atoms with E-state index >= 15 is 0 Å². The van der Waals surface area contributed by atoms with Crippen LogP contribution in [0, 0.1) is 0 Å². The summed E-state index contributed by atoms with van der Waals surface area (Å²) in [6.45, 7) is 0.940. The first-order valence-corrected chi connectivity index (χ1v) is 5.10. The summed E-state index contributed by atoms with van der Waals surface area (Å²) in [6.07, 6.45) is -6.87. The van der Waals surface area contributed by atoms with Gasteiger partial charge in [-0.3, -0.25) is 4.79 Å². The van der Waals surface area contributed by atoms with Crippen LogP contribution in [0.4, 0.5) is 13.2 Å². The van der Waals surface area contributed by atoms with Gasteiger partial charge in [0, 0.05) is 17.0 Å². The van der Waals surface area contributed by atoms with Crippen molar-refractivity contribution < 1.29 is 22.7 Å². The summed E-state index contributed by atoms with van der Waals surface area (Å²) in [6, 6.07) is 5.74. The maximum Gasteiger partial charge on any atom is 0.429 e. The lowest BCUT2D eigenvalue weighted by Crippen LogP contribution is -2.25. The minimum absolute atomic E-state index is 0.120. The van der Waals surface area contributed by atoms with Crippen LogP contribution in [0.2, 0.25) is 0 Å². The maximum atomic E-state index is 12.6. The van der Waals surface area contributed by atoms with Crippen LogP contribution in [0.3, 0.4) is 0 Å². The molecule has 0 aliphatic heterocycles. The highest BCUT2D eigenvalue weighted by Gasteiger charge is 2.44. The van der Waals surface area contributed by atoms with Crippen LogP contribution < -0.4 is 0 Å². The van der Waals surface area contributed by atoms with E-state index in [-0.39, 0.29) is 10.0 Å². The number of hydrogen-bond acceptors (Lipinski definition) is 2. The van der Waals surface area contributed by atoms with Gasteiger partial charge in [0.05, 0.1) is 0 Å². The number of alkyl halides is 3. The van der Waals surface area contributed by atoms with Gasteiger partial charge in [0.2, 0.25) is 6.10 Å². The van der Waals surface area contributed by atoms with E-state index in [9.17, 15) is 18.0 Å². The molecule has 88 valence electrons. The van der Waals surface area contributed by atoms with Crippen molar-refractivity contribution >= 4 is 21.9 Å². The van der Waals surface area contributed by atoms with E-state index < -0.39 is 18.2 Å². The molecule has 0 saturated carbocycles. The second-order valence-corrected chi connectivity index (χ2v) is 3.91.